The molecule has 0 saturated heterocycles. The number of hydrogen-bond acceptors (Lipinski definition) is 7. The SMILES string of the molecule is O=C(O)C(=C(Cc1ccc(C(F)(F)F)cc1)C(=O)c1ccc2c(c1)OCCO2)c1ccc2nsnc2c1. The molecule has 2 heterocycles. The number of carbonyl (C=O) groups is 2. The average molecular weight is 526 g/mol. The number of allylic oxidation sites excluding steroid dienone is 1. The number of ether oxygens (including phenoxy) is 2. The first-order chi connectivity index (χ1) is 17.7. The number of rotatable bonds is 6. The van der Waals surface area contributed by atoms with E-state index in [1.54, 1.807) is 12.1 Å². The Hall–Kier alpha value is -4.25. The van der Waals surface area contributed by atoms with Crippen molar-refractivity contribution in [2.24, 2.45) is 0 Å². The van der Waals surface area contributed by atoms with Crippen LogP contribution in [0.5, 0.6) is 11.5 Å². The number of hydrogen-bond donors (Lipinski definition) is 1. The number of benzene rings is 3. The van der Waals surface area contributed by atoms with Crippen LogP contribution in [0.15, 0.2) is 66.2 Å². The van der Waals surface area contributed by atoms with Crippen molar-refractivity contribution in [3.63, 3.8) is 0 Å². The fourth-order valence-corrected chi connectivity index (χ4v) is 4.54. The van der Waals surface area contributed by atoms with E-state index in [9.17, 15) is 27.9 Å². The number of fused-ring (bicyclic) bond motifs is 2. The lowest BCUT2D eigenvalue weighted by molar-refractivity contribution is -0.137. The van der Waals surface area contributed by atoms with E-state index in [1.807, 2.05) is 0 Å². The number of carboxylic acids is 1. The van der Waals surface area contributed by atoms with Gasteiger partial charge in [0.05, 0.1) is 22.9 Å². The van der Waals surface area contributed by atoms with Crippen LogP contribution in [0, 0.1) is 0 Å². The third-order valence-corrected chi connectivity index (χ3v) is 6.36. The van der Waals surface area contributed by atoms with Gasteiger partial charge in [-0.3, -0.25) is 4.79 Å². The molecule has 1 aliphatic heterocycles. The van der Waals surface area contributed by atoms with Crippen molar-refractivity contribution in [1.82, 2.24) is 8.75 Å². The summed E-state index contributed by atoms with van der Waals surface area (Å²) < 4.78 is 58.5. The number of ketones is 1. The van der Waals surface area contributed by atoms with E-state index in [2.05, 4.69) is 8.75 Å². The number of Topliss-reactive ketones (excluding diaryl/α,β-unsaturated/α-hetero) is 1. The minimum absolute atomic E-state index is 0.105. The second kappa shape index (κ2) is 9.66. The van der Waals surface area contributed by atoms with E-state index < -0.39 is 23.5 Å². The van der Waals surface area contributed by atoms with Crippen molar-refractivity contribution < 1.29 is 37.3 Å². The summed E-state index contributed by atoms with van der Waals surface area (Å²) in [5.74, 6) is -1.17. The van der Waals surface area contributed by atoms with Gasteiger partial charge < -0.3 is 14.6 Å². The van der Waals surface area contributed by atoms with E-state index in [0.717, 1.165) is 23.9 Å². The second-order valence-corrected chi connectivity index (χ2v) is 8.71. The molecule has 0 amide bonds. The first-order valence-electron chi connectivity index (χ1n) is 11.0. The van der Waals surface area contributed by atoms with Crippen LogP contribution in [0.4, 0.5) is 13.2 Å². The summed E-state index contributed by atoms with van der Waals surface area (Å²) in [6, 6.07) is 13.4. The van der Waals surface area contributed by atoms with Crippen LogP contribution < -0.4 is 9.47 Å². The van der Waals surface area contributed by atoms with Gasteiger partial charge in [0, 0.05) is 17.6 Å². The lowest BCUT2D eigenvalue weighted by Gasteiger charge is -2.19. The number of alkyl halides is 3. The number of aromatic nitrogens is 2. The highest BCUT2D eigenvalue weighted by Crippen LogP contribution is 2.34. The third kappa shape index (κ3) is 5.03. The monoisotopic (exact) mass is 526 g/mol. The highest BCUT2D eigenvalue weighted by atomic mass is 32.1. The molecule has 0 aliphatic carbocycles. The molecule has 0 radical (unpaired) electrons. The molecule has 5 rings (SSSR count). The average Bonchev–Trinajstić information content (AvgIpc) is 3.35. The summed E-state index contributed by atoms with van der Waals surface area (Å²) in [4.78, 5) is 26.3. The van der Waals surface area contributed by atoms with Gasteiger partial charge in [-0.25, -0.2) is 4.79 Å². The molecular formula is C26H17F3N2O5S. The molecule has 1 N–H and O–H groups in total. The van der Waals surface area contributed by atoms with Crippen molar-refractivity contribution >= 4 is 40.1 Å². The first-order valence-corrected chi connectivity index (χ1v) is 11.7. The number of halogens is 3. The number of aliphatic carboxylic acids is 1. The molecule has 37 heavy (non-hydrogen) atoms. The summed E-state index contributed by atoms with van der Waals surface area (Å²) >= 11 is 0.964. The lowest BCUT2D eigenvalue weighted by atomic mass is 9.89. The van der Waals surface area contributed by atoms with Gasteiger partial charge in [-0.2, -0.15) is 21.9 Å². The molecule has 0 fully saturated rings. The van der Waals surface area contributed by atoms with Gasteiger partial charge in [-0.15, -0.1) is 0 Å². The molecule has 0 bridgehead atoms. The molecule has 7 nitrogen and oxygen atoms in total. The summed E-state index contributed by atoms with van der Waals surface area (Å²) in [6.45, 7) is 0.650. The Bertz CT molecular complexity index is 1540. The fourth-order valence-electron chi connectivity index (χ4n) is 4.02. The third-order valence-electron chi connectivity index (χ3n) is 5.80. The van der Waals surface area contributed by atoms with Gasteiger partial charge in [0.15, 0.2) is 17.3 Å². The molecule has 1 aliphatic rings. The maximum absolute atomic E-state index is 13.8. The summed E-state index contributed by atoms with van der Waals surface area (Å²) in [5.41, 5.74) is 0.509. The summed E-state index contributed by atoms with van der Waals surface area (Å²) in [7, 11) is 0. The minimum atomic E-state index is -4.53. The quantitative estimate of drug-likeness (QED) is 0.264. The number of carbonyl (C=O) groups excluding carboxylic acids is 1. The van der Waals surface area contributed by atoms with Gasteiger partial charge >= 0.3 is 12.1 Å². The molecule has 188 valence electrons. The van der Waals surface area contributed by atoms with E-state index in [1.165, 1.54) is 36.4 Å². The van der Waals surface area contributed by atoms with E-state index in [0.29, 0.717) is 41.3 Å². The van der Waals surface area contributed by atoms with Crippen LogP contribution in [0.1, 0.15) is 27.0 Å². The van der Waals surface area contributed by atoms with Crippen molar-refractivity contribution in [3.05, 3.63) is 88.5 Å². The smallest absolute Gasteiger partial charge is 0.416 e. The molecule has 0 unspecified atom stereocenters. The Kier molecular flexibility index (Phi) is 6.38. The van der Waals surface area contributed by atoms with Crippen molar-refractivity contribution in [1.29, 1.82) is 0 Å². The Balaban J connectivity index is 1.64. The van der Waals surface area contributed by atoms with Gasteiger partial charge in [0.25, 0.3) is 0 Å². The van der Waals surface area contributed by atoms with Crippen LogP contribution in [0.25, 0.3) is 16.6 Å². The van der Waals surface area contributed by atoms with Crippen LogP contribution >= 0.6 is 11.7 Å². The van der Waals surface area contributed by atoms with Gasteiger partial charge in [-0.1, -0.05) is 18.2 Å². The Morgan fingerprint density at radius 3 is 2.24 bits per heavy atom. The maximum Gasteiger partial charge on any atom is 0.416 e. The second-order valence-electron chi connectivity index (χ2n) is 8.19. The van der Waals surface area contributed by atoms with E-state index in [-0.39, 0.29) is 28.7 Å². The first kappa shape index (κ1) is 24.4. The van der Waals surface area contributed by atoms with Crippen LogP contribution in [-0.4, -0.2) is 38.8 Å². The van der Waals surface area contributed by atoms with Crippen molar-refractivity contribution in [2.45, 2.75) is 12.6 Å². The van der Waals surface area contributed by atoms with Crippen LogP contribution in [0.3, 0.4) is 0 Å². The minimum Gasteiger partial charge on any atom is -0.486 e. The maximum atomic E-state index is 13.8. The van der Waals surface area contributed by atoms with Crippen molar-refractivity contribution in [2.75, 3.05) is 13.2 Å². The molecule has 3 aromatic carbocycles. The summed E-state index contributed by atoms with van der Waals surface area (Å²) in [6.07, 6.45) is -4.75. The van der Waals surface area contributed by atoms with Crippen molar-refractivity contribution in [3.8, 4) is 11.5 Å². The highest BCUT2D eigenvalue weighted by molar-refractivity contribution is 7.00. The molecule has 11 heteroatoms. The highest BCUT2D eigenvalue weighted by Gasteiger charge is 2.30. The standard InChI is InChI=1S/C26H17F3N2O5S/c27-26(28,29)17-5-1-14(2-6-17)11-18(24(32)16-4-8-21-22(13-16)36-10-9-35-21)23(25(33)34)15-3-7-19-20(12-15)31-37-30-19/h1-8,12-13H,9-11H2,(H,33,34). The Morgan fingerprint density at radius 1 is 0.865 bits per heavy atom. The number of nitrogens with zero attached hydrogens (tertiary/aromatic N) is 2. The zero-order valence-corrected chi connectivity index (χ0v) is 19.7. The normalized spacial score (nSPS) is 13.8. The molecule has 0 atom stereocenters. The lowest BCUT2D eigenvalue weighted by Crippen LogP contribution is -2.17. The fraction of sp³-hybridized carbons (Fsp3) is 0.154. The van der Waals surface area contributed by atoms with Crippen LogP contribution in [-0.2, 0) is 17.4 Å². The predicted molar refractivity (Wildman–Crippen MR) is 129 cm³/mol. The van der Waals surface area contributed by atoms with Gasteiger partial charge in [-0.05, 0) is 53.6 Å². The van der Waals surface area contributed by atoms with E-state index >= 15 is 0 Å². The predicted octanol–water partition coefficient (Wildman–Crippen LogP) is 5.45. The Morgan fingerprint density at radius 2 is 1.54 bits per heavy atom. The molecule has 0 spiro atoms. The zero-order chi connectivity index (χ0) is 26.2. The topological polar surface area (TPSA) is 98.6 Å². The molecule has 1 aromatic heterocycles. The Labute approximate surface area is 212 Å². The molecule has 0 saturated carbocycles. The largest absolute Gasteiger partial charge is 0.486 e. The number of carboxylic acid groups (broad SMARTS) is 1. The van der Waals surface area contributed by atoms with Crippen LogP contribution in [0.2, 0.25) is 0 Å². The summed E-state index contributed by atoms with van der Waals surface area (Å²) in [5, 5.41) is 10.2. The molecular weight excluding hydrogens is 509 g/mol. The van der Waals surface area contributed by atoms with Gasteiger partial charge in [0.2, 0.25) is 0 Å². The van der Waals surface area contributed by atoms with Gasteiger partial charge in [0.1, 0.15) is 24.2 Å². The molecule has 4 aromatic rings. The zero-order valence-electron chi connectivity index (χ0n) is 18.9. The van der Waals surface area contributed by atoms with E-state index in [4.69, 9.17) is 9.47 Å².